The van der Waals surface area contributed by atoms with Gasteiger partial charge in [0.2, 0.25) is 0 Å². The average molecular weight is 547 g/mol. The van der Waals surface area contributed by atoms with Crippen LogP contribution >= 0.6 is 0 Å². The lowest BCUT2D eigenvalue weighted by Gasteiger charge is -2.42. The van der Waals surface area contributed by atoms with Gasteiger partial charge in [-0.1, -0.05) is 0 Å². The van der Waals surface area contributed by atoms with Gasteiger partial charge in [-0.05, 0) is 0 Å². The molecule has 14 atom stereocenters. The predicted octanol–water partition coefficient (Wildman–Crippen LogP) is -7.44. The molecule has 11 N–H and O–H groups in total. The number of aliphatic hydroxyl groups excluding tert-OH is 11. The Bertz CT molecular complexity index is 699. The third kappa shape index (κ3) is 6.41. The first-order valence-electron chi connectivity index (χ1n) is 11.9. The van der Waals surface area contributed by atoms with Crippen LogP contribution in [0.15, 0.2) is 0 Å². The highest BCUT2D eigenvalue weighted by molar-refractivity contribution is 5.02. The van der Waals surface area contributed by atoms with Crippen molar-refractivity contribution < 1.29 is 79.9 Å². The van der Waals surface area contributed by atoms with Crippen LogP contribution in [0.25, 0.3) is 0 Å². The molecule has 3 saturated heterocycles. The molecule has 0 spiro atoms. The minimum Gasteiger partial charge on any atom is -0.394 e. The lowest BCUT2D eigenvalue weighted by atomic mass is 9.94. The highest BCUT2D eigenvalue weighted by Gasteiger charge is 2.54. The SMILES string of the molecule is OCC1OC(COCC2OC(COC[C@]3(CO)OC(CO)[C@H](O)[C@H]3O)[C@@H](O)[C@H](O)[C@@H]2O)[C@@H](O)[C@H](O)[C@H]1O. The largest absolute Gasteiger partial charge is 0.394 e. The molecule has 0 aliphatic carbocycles. The first-order valence-corrected chi connectivity index (χ1v) is 11.9. The topological polar surface area (TPSA) is 269 Å². The summed E-state index contributed by atoms with van der Waals surface area (Å²) in [7, 11) is 0. The van der Waals surface area contributed by atoms with Gasteiger partial charge in [0, 0.05) is 0 Å². The van der Waals surface area contributed by atoms with E-state index in [1.165, 1.54) is 0 Å². The van der Waals surface area contributed by atoms with Gasteiger partial charge in [0.1, 0.15) is 85.0 Å². The van der Waals surface area contributed by atoms with E-state index in [2.05, 4.69) is 0 Å². The highest BCUT2D eigenvalue weighted by Crippen LogP contribution is 2.32. The molecule has 3 rings (SSSR count). The number of aliphatic hydroxyl groups is 11. The summed E-state index contributed by atoms with van der Waals surface area (Å²) < 4.78 is 27.2. The van der Waals surface area contributed by atoms with Crippen molar-refractivity contribution in [3.05, 3.63) is 0 Å². The van der Waals surface area contributed by atoms with Crippen molar-refractivity contribution in [1.82, 2.24) is 0 Å². The fraction of sp³-hybridized carbons (Fsp3) is 1.00. The molecule has 0 aromatic heterocycles. The maximum absolute atomic E-state index is 10.3. The Labute approximate surface area is 211 Å². The predicted molar refractivity (Wildman–Crippen MR) is 116 cm³/mol. The molecule has 16 heteroatoms. The zero-order chi connectivity index (χ0) is 27.5. The molecule has 37 heavy (non-hydrogen) atoms. The van der Waals surface area contributed by atoms with Gasteiger partial charge in [-0.15, -0.1) is 0 Å². The summed E-state index contributed by atoms with van der Waals surface area (Å²) in [5.41, 5.74) is -1.75. The molecule has 5 unspecified atom stereocenters. The molecule has 0 aromatic rings. The first-order chi connectivity index (χ1) is 17.5. The van der Waals surface area contributed by atoms with Crippen LogP contribution in [0.1, 0.15) is 0 Å². The number of rotatable bonds is 11. The van der Waals surface area contributed by atoms with Crippen LogP contribution in [-0.2, 0) is 23.7 Å². The van der Waals surface area contributed by atoms with Gasteiger partial charge >= 0.3 is 0 Å². The van der Waals surface area contributed by atoms with Crippen LogP contribution in [0.2, 0.25) is 0 Å². The van der Waals surface area contributed by atoms with Crippen LogP contribution in [0.5, 0.6) is 0 Å². The summed E-state index contributed by atoms with van der Waals surface area (Å²) in [5.74, 6) is 0. The smallest absolute Gasteiger partial charge is 0.143 e. The van der Waals surface area contributed by atoms with Crippen molar-refractivity contribution >= 4 is 0 Å². The first kappa shape index (κ1) is 30.9. The van der Waals surface area contributed by atoms with Crippen LogP contribution in [0.3, 0.4) is 0 Å². The lowest BCUT2D eigenvalue weighted by molar-refractivity contribution is -0.258. The second-order valence-corrected chi connectivity index (χ2v) is 9.60. The maximum atomic E-state index is 10.3. The second-order valence-electron chi connectivity index (χ2n) is 9.60. The standard InChI is InChI=1S/C21H38O16/c22-1-8-13(25)18(30)14(26)10(35-8)3-33-4-11-15(27)19(31)16(28)12(36-11)5-34-7-21(6-24)20(32)17(29)9(2-23)37-21/h8-20,22-32H,1-7H2/t8?,9?,10?,11?,12?,13-,14+,15+,16+,17-,18+,19+,20+,21-/m0/s1. The molecule has 0 saturated carbocycles. The third-order valence-electron chi connectivity index (χ3n) is 7.07. The minimum absolute atomic E-state index is 0.337. The Hall–Kier alpha value is -0.640. The zero-order valence-corrected chi connectivity index (χ0v) is 19.9. The van der Waals surface area contributed by atoms with Crippen molar-refractivity contribution in [2.45, 2.75) is 85.0 Å². The Morgan fingerprint density at radius 1 is 0.514 bits per heavy atom. The number of hydrogen-bond acceptors (Lipinski definition) is 16. The van der Waals surface area contributed by atoms with E-state index >= 15 is 0 Å². The van der Waals surface area contributed by atoms with Gasteiger partial charge in [0.05, 0.1) is 46.2 Å². The van der Waals surface area contributed by atoms with Crippen molar-refractivity contribution in [2.75, 3.05) is 46.2 Å². The van der Waals surface area contributed by atoms with E-state index in [1.807, 2.05) is 0 Å². The quantitative estimate of drug-likeness (QED) is 0.115. The minimum atomic E-state index is -1.75. The molecule has 16 nitrogen and oxygen atoms in total. The molecule has 3 aliphatic heterocycles. The van der Waals surface area contributed by atoms with E-state index < -0.39 is 118 Å². The lowest BCUT2D eigenvalue weighted by Crippen LogP contribution is -2.61. The maximum Gasteiger partial charge on any atom is 0.143 e. The molecule has 3 fully saturated rings. The molecular weight excluding hydrogens is 508 g/mol. The summed E-state index contributed by atoms with van der Waals surface area (Å²) in [6.07, 6.45) is -18.3. The van der Waals surface area contributed by atoms with E-state index in [9.17, 15) is 56.2 Å². The van der Waals surface area contributed by atoms with E-state index in [0.717, 1.165) is 0 Å². The average Bonchev–Trinajstić information content (AvgIpc) is 3.14. The second kappa shape index (κ2) is 13.1. The van der Waals surface area contributed by atoms with E-state index in [1.54, 1.807) is 0 Å². The molecule has 3 heterocycles. The van der Waals surface area contributed by atoms with Gasteiger partial charge in [0.15, 0.2) is 0 Å². The summed E-state index contributed by atoms with van der Waals surface area (Å²) in [4.78, 5) is 0. The molecule has 218 valence electrons. The fourth-order valence-corrected chi connectivity index (χ4v) is 4.66. The third-order valence-corrected chi connectivity index (χ3v) is 7.07. The van der Waals surface area contributed by atoms with Crippen LogP contribution in [-0.4, -0.2) is 187 Å². The van der Waals surface area contributed by atoms with Gasteiger partial charge in [-0.3, -0.25) is 0 Å². The van der Waals surface area contributed by atoms with Crippen LogP contribution in [0.4, 0.5) is 0 Å². The molecular formula is C21H38O16. The molecule has 0 radical (unpaired) electrons. The Morgan fingerprint density at radius 2 is 0.946 bits per heavy atom. The summed E-state index contributed by atoms with van der Waals surface area (Å²) in [6, 6.07) is 0. The van der Waals surface area contributed by atoms with Crippen molar-refractivity contribution in [3.63, 3.8) is 0 Å². The molecule has 0 bridgehead atoms. The number of ether oxygens (including phenoxy) is 5. The fourth-order valence-electron chi connectivity index (χ4n) is 4.66. The monoisotopic (exact) mass is 546 g/mol. The summed E-state index contributed by atoms with van der Waals surface area (Å²) >= 11 is 0. The van der Waals surface area contributed by atoms with Crippen molar-refractivity contribution in [2.24, 2.45) is 0 Å². The molecule has 0 amide bonds. The molecule has 3 aliphatic rings. The van der Waals surface area contributed by atoms with E-state index in [-0.39, 0.29) is 13.2 Å². The number of hydrogen-bond donors (Lipinski definition) is 11. The normalized spacial score (nSPS) is 48.9. The van der Waals surface area contributed by atoms with Crippen molar-refractivity contribution in [1.29, 1.82) is 0 Å². The van der Waals surface area contributed by atoms with Crippen LogP contribution in [0, 0.1) is 0 Å². The summed E-state index contributed by atoms with van der Waals surface area (Å²) in [5, 5.41) is 109. The van der Waals surface area contributed by atoms with Crippen molar-refractivity contribution in [3.8, 4) is 0 Å². The van der Waals surface area contributed by atoms with Gasteiger partial charge in [-0.25, -0.2) is 0 Å². The summed E-state index contributed by atoms with van der Waals surface area (Å²) in [6.45, 7) is -3.55. The van der Waals surface area contributed by atoms with Gasteiger partial charge < -0.3 is 79.9 Å². The van der Waals surface area contributed by atoms with E-state index in [4.69, 9.17) is 23.7 Å². The van der Waals surface area contributed by atoms with Gasteiger partial charge in [0.25, 0.3) is 0 Å². The van der Waals surface area contributed by atoms with Gasteiger partial charge in [-0.2, -0.15) is 0 Å². The van der Waals surface area contributed by atoms with E-state index in [0.29, 0.717) is 0 Å². The zero-order valence-electron chi connectivity index (χ0n) is 19.9. The highest BCUT2D eigenvalue weighted by atomic mass is 16.6. The Balaban J connectivity index is 1.53. The molecule has 0 aromatic carbocycles. The van der Waals surface area contributed by atoms with Crippen LogP contribution < -0.4 is 0 Å². The Kier molecular flexibility index (Phi) is 11.0. The Morgan fingerprint density at radius 3 is 1.38 bits per heavy atom.